The van der Waals surface area contributed by atoms with E-state index in [0.29, 0.717) is 17.8 Å². The van der Waals surface area contributed by atoms with Crippen molar-refractivity contribution in [2.24, 2.45) is 0 Å². The van der Waals surface area contributed by atoms with E-state index in [1.807, 2.05) is 18.2 Å². The molecule has 0 aliphatic heterocycles. The number of benzene rings is 1. The predicted molar refractivity (Wildman–Crippen MR) is 72.2 cm³/mol. The number of hydrogen-bond acceptors (Lipinski definition) is 4. The molecule has 86 valence electrons. The first-order valence-corrected chi connectivity index (χ1v) is 6.16. The Labute approximate surface area is 108 Å². The molecule has 0 bridgehead atoms. The van der Waals surface area contributed by atoms with Gasteiger partial charge in [0.1, 0.15) is 6.07 Å². The van der Waals surface area contributed by atoms with E-state index in [2.05, 4.69) is 11.4 Å². The molecular weight excluding hydrogens is 254 g/mol. The molecule has 17 heavy (non-hydrogen) atoms. The van der Waals surface area contributed by atoms with Crippen LogP contribution in [-0.4, -0.2) is 0 Å². The first-order chi connectivity index (χ1) is 8.19. The van der Waals surface area contributed by atoms with Gasteiger partial charge in [-0.15, -0.1) is 11.3 Å². The highest BCUT2D eigenvalue weighted by molar-refractivity contribution is 7.16. The Morgan fingerprint density at radius 2 is 2.18 bits per heavy atom. The van der Waals surface area contributed by atoms with E-state index in [-0.39, 0.29) is 0 Å². The standard InChI is InChI=1S/C12H10ClN3S/c13-12-4-2-10(17-12)7-16-9-1-3-11(15)8(5-9)6-14/h1-5,16H,7,15H2. The molecule has 3 nitrogen and oxygen atoms in total. The van der Waals surface area contributed by atoms with Crippen LogP contribution >= 0.6 is 22.9 Å². The normalized spacial score (nSPS) is 9.88. The van der Waals surface area contributed by atoms with E-state index in [1.54, 1.807) is 12.1 Å². The highest BCUT2D eigenvalue weighted by Crippen LogP contribution is 2.23. The van der Waals surface area contributed by atoms with Crippen LogP contribution in [-0.2, 0) is 6.54 Å². The van der Waals surface area contributed by atoms with Crippen molar-refractivity contribution in [3.05, 3.63) is 45.1 Å². The summed E-state index contributed by atoms with van der Waals surface area (Å²) in [6.07, 6.45) is 0. The Morgan fingerprint density at radius 3 is 2.82 bits per heavy atom. The van der Waals surface area contributed by atoms with Gasteiger partial charge in [-0.2, -0.15) is 5.26 Å². The summed E-state index contributed by atoms with van der Waals surface area (Å²) in [7, 11) is 0. The lowest BCUT2D eigenvalue weighted by Crippen LogP contribution is -1.99. The molecule has 0 radical (unpaired) electrons. The van der Waals surface area contributed by atoms with Crippen LogP contribution < -0.4 is 11.1 Å². The summed E-state index contributed by atoms with van der Waals surface area (Å²) < 4.78 is 0.775. The van der Waals surface area contributed by atoms with Gasteiger partial charge in [-0.3, -0.25) is 0 Å². The summed E-state index contributed by atoms with van der Waals surface area (Å²) in [6, 6.07) is 11.2. The van der Waals surface area contributed by atoms with Crippen LogP contribution in [0.1, 0.15) is 10.4 Å². The Balaban J connectivity index is 2.07. The van der Waals surface area contributed by atoms with Crippen molar-refractivity contribution in [3.8, 4) is 6.07 Å². The molecule has 2 aromatic rings. The van der Waals surface area contributed by atoms with Crippen LogP contribution in [0.15, 0.2) is 30.3 Å². The molecule has 5 heteroatoms. The maximum Gasteiger partial charge on any atom is 0.101 e. The molecule has 0 aliphatic rings. The van der Waals surface area contributed by atoms with E-state index in [1.165, 1.54) is 11.3 Å². The topological polar surface area (TPSA) is 61.8 Å². The number of halogens is 1. The van der Waals surface area contributed by atoms with Crippen LogP contribution in [0.5, 0.6) is 0 Å². The zero-order valence-corrected chi connectivity index (χ0v) is 10.5. The number of rotatable bonds is 3. The fraction of sp³-hybridized carbons (Fsp3) is 0.0833. The lowest BCUT2D eigenvalue weighted by molar-refractivity contribution is 1.19. The molecule has 0 aliphatic carbocycles. The molecule has 1 aromatic carbocycles. The predicted octanol–water partition coefficient (Wildman–Crippen LogP) is 3.47. The van der Waals surface area contributed by atoms with Crippen molar-refractivity contribution in [2.75, 3.05) is 11.1 Å². The quantitative estimate of drug-likeness (QED) is 0.834. The Morgan fingerprint density at radius 1 is 1.35 bits per heavy atom. The van der Waals surface area contributed by atoms with Gasteiger partial charge in [0.05, 0.1) is 9.90 Å². The summed E-state index contributed by atoms with van der Waals surface area (Å²) in [4.78, 5) is 1.14. The van der Waals surface area contributed by atoms with Gasteiger partial charge in [-0.25, -0.2) is 0 Å². The molecule has 0 fully saturated rings. The zero-order valence-electron chi connectivity index (χ0n) is 8.90. The molecule has 0 saturated carbocycles. The van der Waals surface area contributed by atoms with E-state index >= 15 is 0 Å². The molecule has 0 unspecified atom stereocenters. The molecular formula is C12H10ClN3S. The van der Waals surface area contributed by atoms with E-state index in [9.17, 15) is 0 Å². The van der Waals surface area contributed by atoms with Crippen molar-refractivity contribution < 1.29 is 0 Å². The Hall–Kier alpha value is -1.70. The third-order valence-electron chi connectivity index (χ3n) is 2.27. The summed E-state index contributed by atoms with van der Waals surface area (Å²) in [5.74, 6) is 0. The first-order valence-electron chi connectivity index (χ1n) is 4.97. The monoisotopic (exact) mass is 263 g/mol. The van der Waals surface area contributed by atoms with Crippen LogP contribution in [0, 0.1) is 11.3 Å². The van der Waals surface area contributed by atoms with Crippen molar-refractivity contribution in [2.45, 2.75) is 6.54 Å². The minimum Gasteiger partial charge on any atom is -0.398 e. The van der Waals surface area contributed by atoms with Gasteiger partial charge in [-0.1, -0.05) is 11.6 Å². The molecule has 0 atom stereocenters. The third-order valence-corrected chi connectivity index (χ3v) is 3.50. The third kappa shape index (κ3) is 2.90. The lowest BCUT2D eigenvalue weighted by atomic mass is 10.2. The fourth-order valence-electron chi connectivity index (χ4n) is 1.40. The van der Waals surface area contributed by atoms with Gasteiger partial charge in [0.15, 0.2) is 0 Å². The lowest BCUT2D eigenvalue weighted by Gasteiger charge is -2.06. The summed E-state index contributed by atoms with van der Waals surface area (Å²) in [6.45, 7) is 0.687. The average Bonchev–Trinajstić information content (AvgIpc) is 2.74. The molecule has 3 N–H and O–H groups in total. The molecule has 0 amide bonds. The van der Waals surface area contributed by atoms with Crippen molar-refractivity contribution in [1.29, 1.82) is 5.26 Å². The molecule has 2 rings (SSSR count). The number of nitrogens with two attached hydrogens (primary N) is 1. The van der Waals surface area contributed by atoms with E-state index in [0.717, 1.165) is 14.9 Å². The van der Waals surface area contributed by atoms with Crippen LogP contribution in [0.25, 0.3) is 0 Å². The summed E-state index contributed by atoms with van der Waals surface area (Å²) in [5, 5.41) is 12.1. The minimum absolute atomic E-state index is 0.485. The smallest absolute Gasteiger partial charge is 0.101 e. The molecule has 1 heterocycles. The van der Waals surface area contributed by atoms with Gasteiger partial charge >= 0.3 is 0 Å². The SMILES string of the molecule is N#Cc1cc(NCc2ccc(Cl)s2)ccc1N. The van der Waals surface area contributed by atoms with E-state index in [4.69, 9.17) is 22.6 Å². The van der Waals surface area contributed by atoms with Gasteiger partial charge in [-0.05, 0) is 30.3 Å². The molecule has 0 saturated heterocycles. The molecule has 0 spiro atoms. The van der Waals surface area contributed by atoms with E-state index < -0.39 is 0 Å². The highest BCUT2D eigenvalue weighted by Gasteiger charge is 2.01. The second kappa shape index (κ2) is 5.09. The maximum atomic E-state index is 8.86. The minimum atomic E-state index is 0.485. The summed E-state index contributed by atoms with van der Waals surface area (Å²) >= 11 is 7.38. The van der Waals surface area contributed by atoms with Gasteiger partial charge < -0.3 is 11.1 Å². The second-order valence-electron chi connectivity index (χ2n) is 3.47. The number of nitrogen functional groups attached to an aromatic ring is 1. The largest absolute Gasteiger partial charge is 0.398 e. The van der Waals surface area contributed by atoms with Crippen LogP contribution in [0.4, 0.5) is 11.4 Å². The van der Waals surface area contributed by atoms with Crippen LogP contribution in [0.3, 0.4) is 0 Å². The second-order valence-corrected chi connectivity index (χ2v) is 5.27. The van der Waals surface area contributed by atoms with Gasteiger partial charge in [0, 0.05) is 22.8 Å². The summed E-state index contributed by atoms with van der Waals surface area (Å²) in [5.41, 5.74) is 7.50. The van der Waals surface area contributed by atoms with Gasteiger partial charge in [0.2, 0.25) is 0 Å². The number of anilines is 2. The van der Waals surface area contributed by atoms with Crippen molar-refractivity contribution in [3.63, 3.8) is 0 Å². The average molecular weight is 264 g/mol. The highest BCUT2D eigenvalue weighted by atomic mass is 35.5. The number of nitrogens with zero attached hydrogens (tertiary/aromatic N) is 1. The number of hydrogen-bond donors (Lipinski definition) is 2. The zero-order chi connectivity index (χ0) is 12.3. The van der Waals surface area contributed by atoms with Crippen molar-refractivity contribution in [1.82, 2.24) is 0 Å². The Kier molecular flexibility index (Phi) is 3.52. The molecule has 1 aromatic heterocycles. The Bertz CT molecular complexity index is 571. The number of nitriles is 1. The number of thiophene rings is 1. The fourth-order valence-corrected chi connectivity index (χ4v) is 2.43. The first kappa shape index (κ1) is 11.8. The van der Waals surface area contributed by atoms with Crippen molar-refractivity contribution >= 4 is 34.3 Å². The van der Waals surface area contributed by atoms with Gasteiger partial charge in [0.25, 0.3) is 0 Å². The van der Waals surface area contributed by atoms with Crippen LogP contribution in [0.2, 0.25) is 4.34 Å². The maximum absolute atomic E-state index is 8.86. The number of nitrogens with one attached hydrogen (secondary N) is 1.